The van der Waals surface area contributed by atoms with E-state index in [1.165, 1.54) is 19.1 Å². The molecule has 0 aromatic heterocycles. The number of nitrogens with one attached hydrogen (secondary N) is 1. The van der Waals surface area contributed by atoms with Crippen LogP contribution in [-0.4, -0.2) is 17.8 Å². The van der Waals surface area contributed by atoms with Crippen molar-refractivity contribution in [2.45, 2.75) is 19.2 Å². The number of hydrogen-bond donors (Lipinski definition) is 2. The summed E-state index contributed by atoms with van der Waals surface area (Å²) in [5, 5.41) is 20.2. The molecule has 1 rings (SSSR count). The van der Waals surface area contributed by atoms with Gasteiger partial charge < -0.3 is 10.4 Å². The number of hydrogen-bond acceptors (Lipinski definition) is 3. The van der Waals surface area contributed by atoms with Gasteiger partial charge in [0, 0.05) is 12.2 Å². The van der Waals surface area contributed by atoms with Crippen LogP contribution in [0.4, 0.5) is 18.9 Å². The summed E-state index contributed by atoms with van der Waals surface area (Å²) in [4.78, 5) is 0. The average Bonchev–Trinajstić information content (AvgIpc) is 2.24. The molecule has 1 unspecified atom stereocenters. The number of nitriles is 1. The predicted molar refractivity (Wildman–Crippen MR) is 56.3 cm³/mol. The average molecular weight is 244 g/mol. The van der Waals surface area contributed by atoms with Crippen molar-refractivity contribution in [3.8, 4) is 6.07 Å². The molecule has 92 valence electrons. The highest BCUT2D eigenvalue weighted by Gasteiger charge is 2.33. The van der Waals surface area contributed by atoms with Crippen molar-refractivity contribution < 1.29 is 18.3 Å². The molecule has 0 bridgehead atoms. The van der Waals surface area contributed by atoms with E-state index in [-0.39, 0.29) is 12.2 Å². The first kappa shape index (κ1) is 13.3. The van der Waals surface area contributed by atoms with E-state index in [0.717, 1.165) is 12.1 Å². The second-order valence-electron chi connectivity index (χ2n) is 3.60. The highest BCUT2D eigenvalue weighted by atomic mass is 19.4. The van der Waals surface area contributed by atoms with Crippen LogP contribution in [0.25, 0.3) is 0 Å². The molecule has 0 aliphatic heterocycles. The summed E-state index contributed by atoms with van der Waals surface area (Å²) in [6.45, 7) is 1.66. The van der Waals surface area contributed by atoms with Crippen LogP contribution >= 0.6 is 0 Å². The zero-order valence-corrected chi connectivity index (χ0v) is 9.04. The molecular formula is C11H11F3N2O. The maximum Gasteiger partial charge on any atom is 0.417 e. The molecule has 6 heteroatoms. The van der Waals surface area contributed by atoms with Gasteiger partial charge in [-0.1, -0.05) is 0 Å². The Kier molecular flexibility index (Phi) is 3.97. The van der Waals surface area contributed by atoms with E-state index in [1.807, 2.05) is 0 Å². The molecule has 0 saturated carbocycles. The van der Waals surface area contributed by atoms with Crippen molar-refractivity contribution in [2.24, 2.45) is 0 Å². The van der Waals surface area contributed by atoms with Crippen LogP contribution in [0.15, 0.2) is 18.2 Å². The Morgan fingerprint density at radius 2 is 2.12 bits per heavy atom. The number of benzene rings is 1. The van der Waals surface area contributed by atoms with Crippen molar-refractivity contribution in [3.05, 3.63) is 29.3 Å². The maximum atomic E-state index is 12.6. The summed E-state index contributed by atoms with van der Waals surface area (Å²) < 4.78 is 37.8. The first-order valence-corrected chi connectivity index (χ1v) is 4.88. The second kappa shape index (κ2) is 5.06. The lowest BCUT2D eigenvalue weighted by Gasteiger charge is -2.13. The van der Waals surface area contributed by atoms with Crippen LogP contribution in [-0.2, 0) is 6.18 Å². The van der Waals surface area contributed by atoms with Crippen LogP contribution in [0.2, 0.25) is 0 Å². The molecule has 0 radical (unpaired) electrons. The first-order valence-electron chi connectivity index (χ1n) is 4.88. The smallest absolute Gasteiger partial charge is 0.392 e. The zero-order valence-electron chi connectivity index (χ0n) is 9.04. The largest absolute Gasteiger partial charge is 0.417 e. The Hall–Kier alpha value is -1.74. The molecule has 0 saturated heterocycles. The van der Waals surface area contributed by atoms with E-state index in [9.17, 15) is 13.2 Å². The molecule has 0 aliphatic carbocycles. The van der Waals surface area contributed by atoms with E-state index in [4.69, 9.17) is 10.4 Å². The maximum absolute atomic E-state index is 12.6. The molecule has 1 aromatic carbocycles. The van der Waals surface area contributed by atoms with E-state index in [0.29, 0.717) is 0 Å². The molecule has 0 aliphatic rings. The summed E-state index contributed by atoms with van der Waals surface area (Å²) in [5.41, 5.74) is -1.17. The molecule has 1 aromatic rings. The fourth-order valence-corrected chi connectivity index (χ4v) is 1.25. The zero-order chi connectivity index (χ0) is 13.1. The number of halogens is 3. The number of aliphatic hydroxyl groups is 1. The lowest BCUT2D eigenvalue weighted by molar-refractivity contribution is -0.137. The van der Waals surface area contributed by atoms with Crippen molar-refractivity contribution >= 4 is 5.69 Å². The predicted octanol–water partition coefficient (Wildman–Crippen LogP) is 2.37. The van der Waals surface area contributed by atoms with Gasteiger partial charge in [-0.05, 0) is 25.1 Å². The lowest BCUT2D eigenvalue weighted by Crippen LogP contribution is -2.16. The minimum Gasteiger partial charge on any atom is -0.392 e. The van der Waals surface area contributed by atoms with Crippen molar-refractivity contribution in [3.63, 3.8) is 0 Å². The number of nitrogens with zero attached hydrogens (tertiary/aromatic N) is 1. The summed E-state index contributed by atoms with van der Waals surface area (Å²) in [7, 11) is 0. The molecule has 0 amide bonds. The fraction of sp³-hybridized carbons (Fsp3) is 0.364. The third-order valence-corrected chi connectivity index (χ3v) is 2.05. The van der Waals surface area contributed by atoms with Gasteiger partial charge in [0.25, 0.3) is 0 Å². The Labute approximate surface area is 96.5 Å². The number of anilines is 1. The van der Waals surface area contributed by atoms with Crippen LogP contribution in [0, 0.1) is 11.3 Å². The minimum absolute atomic E-state index is 0.142. The van der Waals surface area contributed by atoms with Crippen molar-refractivity contribution in [1.82, 2.24) is 0 Å². The number of aliphatic hydroxyl groups excluding tert-OH is 1. The van der Waals surface area contributed by atoms with Crippen molar-refractivity contribution in [2.75, 3.05) is 11.9 Å². The standard InChI is InChI=1S/C11H11F3N2O/c1-7(17)6-16-9-3-2-8(5-15)10(4-9)11(12,13)14/h2-4,7,16-17H,6H2,1H3. The highest BCUT2D eigenvalue weighted by Crippen LogP contribution is 2.33. The van der Waals surface area contributed by atoms with E-state index in [1.54, 1.807) is 0 Å². The Balaban J connectivity index is 3.02. The topological polar surface area (TPSA) is 56.0 Å². The molecule has 1 atom stereocenters. The van der Waals surface area contributed by atoms with Crippen LogP contribution < -0.4 is 5.32 Å². The Morgan fingerprint density at radius 3 is 2.59 bits per heavy atom. The van der Waals surface area contributed by atoms with Crippen LogP contribution in [0.5, 0.6) is 0 Å². The Morgan fingerprint density at radius 1 is 1.47 bits per heavy atom. The first-order chi connectivity index (χ1) is 7.84. The van der Waals surface area contributed by atoms with Gasteiger partial charge in [-0.2, -0.15) is 18.4 Å². The third-order valence-electron chi connectivity index (χ3n) is 2.05. The van der Waals surface area contributed by atoms with Gasteiger partial charge in [-0.25, -0.2) is 0 Å². The SMILES string of the molecule is CC(O)CNc1ccc(C#N)c(C(F)(F)F)c1. The third kappa shape index (κ3) is 3.64. The second-order valence-corrected chi connectivity index (χ2v) is 3.60. The van der Waals surface area contributed by atoms with E-state index >= 15 is 0 Å². The Bertz CT molecular complexity index is 435. The van der Waals surface area contributed by atoms with Gasteiger partial charge in [-0.3, -0.25) is 0 Å². The van der Waals surface area contributed by atoms with Gasteiger partial charge in [0.15, 0.2) is 0 Å². The summed E-state index contributed by atoms with van der Waals surface area (Å²) in [6.07, 6.45) is -5.23. The molecule has 2 N–H and O–H groups in total. The monoisotopic (exact) mass is 244 g/mol. The highest BCUT2D eigenvalue weighted by molar-refractivity contribution is 5.53. The molecule has 17 heavy (non-hydrogen) atoms. The molecule has 0 spiro atoms. The molecule has 0 heterocycles. The van der Waals surface area contributed by atoms with E-state index in [2.05, 4.69) is 5.32 Å². The molecular weight excluding hydrogens is 233 g/mol. The number of rotatable bonds is 3. The summed E-state index contributed by atoms with van der Waals surface area (Å²) in [6, 6.07) is 4.83. The lowest BCUT2D eigenvalue weighted by atomic mass is 10.1. The van der Waals surface area contributed by atoms with Crippen LogP contribution in [0.3, 0.4) is 0 Å². The number of alkyl halides is 3. The van der Waals surface area contributed by atoms with Gasteiger partial charge in [-0.15, -0.1) is 0 Å². The van der Waals surface area contributed by atoms with E-state index < -0.39 is 23.4 Å². The fourth-order valence-electron chi connectivity index (χ4n) is 1.25. The van der Waals surface area contributed by atoms with Gasteiger partial charge in [0.05, 0.1) is 23.3 Å². The quantitative estimate of drug-likeness (QED) is 0.858. The van der Waals surface area contributed by atoms with Gasteiger partial charge in [0.2, 0.25) is 0 Å². The van der Waals surface area contributed by atoms with Crippen molar-refractivity contribution in [1.29, 1.82) is 5.26 Å². The van der Waals surface area contributed by atoms with Gasteiger partial charge in [0.1, 0.15) is 0 Å². The molecule has 3 nitrogen and oxygen atoms in total. The minimum atomic E-state index is -4.56. The summed E-state index contributed by atoms with van der Waals surface area (Å²) >= 11 is 0. The normalized spacial score (nSPS) is 12.9. The molecule has 0 fully saturated rings. The van der Waals surface area contributed by atoms with Crippen LogP contribution in [0.1, 0.15) is 18.1 Å². The summed E-state index contributed by atoms with van der Waals surface area (Å²) in [5.74, 6) is 0. The van der Waals surface area contributed by atoms with Gasteiger partial charge >= 0.3 is 6.18 Å².